The summed E-state index contributed by atoms with van der Waals surface area (Å²) in [6.45, 7) is 5.03. The topological polar surface area (TPSA) is 82.5 Å². The highest BCUT2D eigenvalue weighted by Gasteiger charge is 2.29. The molecule has 1 N–H and O–H groups in total. The van der Waals surface area contributed by atoms with Gasteiger partial charge in [0.25, 0.3) is 0 Å². The van der Waals surface area contributed by atoms with Gasteiger partial charge in [0.05, 0.1) is 30.3 Å². The smallest absolute Gasteiger partial charge is 0.211 e. The van der Waals surface area contributed by atoms with Crippen molar-refractivity contribution in [2.75, 3.05) is 25.6 Å². The maximum Gasteiger partial charge on any atom is 0.211 e. The fraction of sp³-hybridized carbons (Fsp3) is 0.500. The first kappa shape index (κ1) is 18.9. The number of sulfonamides is 1. The molecule has 0 bridgehead atoms. The van der Waals surface area contributed by atoms with E-state index >= 15 is 0 Å². The predicted molar refractivity (Wildman–Crippen MR) is 99.1 cm³/mol. The van der Waals surface area contributed by atoms with Crippen molar-refractivity contribution in [3.63, 3.8) is 0 Å². The summed E-state index contributed by atoms with van der Waals surface area (Å²) >= 11 is 0. The van der Waals surface area contributed by atoms with Crippen LogP contribution >= 0.6 is 0 Å². The SMILES string of the molecule is CCS(=O)(=O)NC1CCOCC1COc1ccc(-n2ccc(C)n2)cc1. The molecule has 2 unspecified atom stereocenters. The highest BCUT2D eigenvalue weighted by atomic mass is 32.2. The van der Waals surface area contributed by atoms with Crippen LogP contribution in [0.2, 0.25) is 0 Å². The normalized spacial score (nSPS) is 20.8. The Hall–Kier alpha value is -1.90. The minimum Gasteiger partial charge on any atom is -0.493 e. The van der Waals surface area contributed by atoms with Crippen molar-refractivity contribution >= 4 is 10.0 Å². The van der Waals surface area contributed by atoms with Crippen molar-refractivity contribution in [3.8, 4) is 11.4 Å². The van der Waals surface area contributed by atoms with Gasteiger partial charge in [-0.1, -0.05) is 0 Å². The van der Waals surface area contributed by atoms with Crippen molar-refractivity contribution in [2.45, 2.75) is 26.3 Å². The molecule has 0 spiro atoms. The first-order valence-corrected chi connectivity index (χ1v) is 10.5. The van der Waals surface area contributed by atoms with Gasteiger partial charge in [-0.05, 0) is 50.6 Å². The lowest BCUT2D eigenvalue weighted by atomic mass is 9.98. The molecule has 0 amide bonds. The van der Waals surface area contributed by atoms with Gasteiger partial charge in [-0.25, -0.2) is 17.8 Å². The van der Waals surface area contributed by atoms with E-state index in [9.17, 15) is 8.42 Å². The van der Waals surface area contributed by atoms with E-state index in [4.69, 9.17) is 9.47 Å². The minimum atomic E-state index is -3.24. The third kappa shape index (κ3) is 4.84. The highest BCUT2D eigenvalue weighted by Crippen LogP contribution is 2.20. The Morgan fingerprint density at radius 3 is 2.73 bits per heavy atom. The second-order valence-electron chi connectivity index (χ2n) is 6.46. The summed E-state index contributed by atoms with van der Waals surface area (Å²) in [5, 5.41) is 4.38. The molecule has 1 aliphatic heterocycles. The summed E-state index contributed by atoms with van der Waals surface area (Å²) in [5.74, 6) is 0.797. The zero-order valence-corrected chi connectivity index (χ0v) is 15.9. The van der Waals surface area contributed by atoms with Crippen LogP contribution in [0.1, 0.15) is 19.0 Å². The van der Waals surface area contributed by atoms with Gasteiger partial charge in [-0.2, -0.15) is 5.10 Å². The van der Waals surface area contributed by atoms with Crippen LogP contribution in [0.25, 0.3) is 5.69 Å². The number of aryl methyl sites for hydroxylation is 1. The lowest BCUT2D eigenvalue weighted by molar-refractivity contribution is 0.0186. The Labute approximate surface area is 154 Å². The van der Waals surface area contributed by atoms with Gasteiger partial charge < -0.3 is 9.47 Å². The van der Waals surface area contributed by atoms with Gasteiger partial charge >= 0.3 is 0 Å². The Balaban J connectivity index is 1.60. The predicted octanol–water partition coefficient (Wildman–Crippen LogP) is 1.90. The standard InChI is InChI=1S/C18H25N3O4S/c1-3-26(22,23)20-18-9-11-24-12-15(18)13-25-17-6-4-16(5-7-17)21-10-8-14(2)19-21/h4-8,10,15,18,20H,3,9,11-13H2,1-2H3. The van der Waals surface area contributed by atoms with Crippen LogP contribution < -0.4 is 9.46 Å². The molecule has 26 heavy (non-hydrogen) atoms. The van der Waals surface area contributed by atoms with E-state index in [0.29, 0.717) is 26.2 Å². The lowest BCUT2D eigenvalue weighted by Crippen LogP contribution is -2.47. The molecule has 2 atom stereocenters. The largest absolute Gasteiger partial charge is 0.493 e. The molecule has 2 aromatic rings. The Kier molecular flexibility index (Phi) is 5.95. The van der Waals surface area contributed by atoms with E-state index in [1.54, 1.807) is 6.92 Å². The van der Waals surface area contributed by atoms with E-state index in [1.807, 2.05) is 48.1 Å². The molecule has 0 saturated carbocycles. The Morgan fingerprint density at radius 2 is 2.08 bits per heavy atom. The van der Waals surface area contributed by atoms with E-state index in [0.717, 1.165) is 17.1 Å². The van der Waals surface area contributed by atoms with Crippen LogP contribution in [-0.4, -0.2) is 49.8 Å². The fourth-order valence-corrected chi connectivity index (χ4v) is 3.83. The second kappa shape index (κ2) is 8.20. The average Bonchev–Trinajstić information content (AvgIpc) is 3.07. The van der Waals surface area contributed by atoms with Crippen LogP contribution in [-0.2, 0) is 14.8 Å². The maximum absolute atomic E-state index is 11.9. The van der Waals surface area contributed by atoms with Crippen molar-refractivity contribution < 1.29 is 17.9 Å². The lowest BCUT2D eigenvalue weighted by Gasteiger charge is -2.31. The minimum absolute atomic E-state index is 0.0153. The third-order valence-corrected chi connectivity index (χ3v) is 5.89. The quantitative estimate of drug-likeness (QED) is 0.795. The number of hydrogen-bond donors (Lipinski definition) is 1. The van der Waals surface area contributed by atoms with Gasteiger partial charge in [0, 0.05) is 24.8 Å². The molecule has 142 valence electrons. The summed E-state index contributed by atoms with van der Waals surface area (Å²) in [7, 11) is -3.24. The van der Waals surface area contributed by atoms with Gasteiger partial charge in [0.1, 0.15) is 5.75 Å². The summed E-state index contributed by atoms with van der Waals surface area (Å²) in [4.78, 5) is 0. The van der Waals surface area contributed by atoms with Gasteiger partial charge in [0.2, 0.25) is 10.0 Å². The zero-order valence-electron chi connectivity index (χ0n) is 15.1. The molecular formula is C18H25N3O4S. The number of nitrogens with zero attached hydrogens (tertiary/aromatic N) is 2. The van der Waals surface area contributed by atoms with Crippen molar-refractivity contribution in [3.05, 3.63) is 42.2 Å². The summed E-state index contributed by atoms with van der Waals surface area (Å²) in [6.07, 6.45) is 2.57. The van der Waals surface area contributed by atoms with Crippen LogP contribution in [0, 0.1) is 12.8 Å². The Morgan fingerprint density at radius 1 is 1.31 bits per heavy atom. The van der Waals surface area contributed by atoms with Crippen molar-refractivity contribution in [2.24, 2.45) is 5.92 Å². The number of nitrogens with one attached hydrogen (secondary N) is 1. The second-order valence-corrected chi connectivity index (χ2v) is 8.50. The summed E-state index contributed by atoms with van der Waals surface area (Å²) in [6, 6.07) is 9.46. The third-order valence-electron chi connectivity index (χ3n) is 4.47. The monoisotopic (exact) mass is 379 g/mol. The zero-order chi connectivity index (χ0) is 18.6. The Bertz CT molecular complexity index is 817. The van der Waals surface area contributed by atoms with E-state index in [-0.39, 0.29) is 17.7 Å². The number of aromatic nitrogens is 2. The number of hydrogen-bond acceptors (Lipinski definition) is 5. The van der Waals surface area contributed by atoms with Crippen LogP contribution in [0.3, 0.4) is 0 Å². The highest BCUT2D eigenvalue weighted by molar-refractivity contribution is 7.89. The summed E-state index contributed by atoms with van der Waals surface area (Å²) < 4.78 is 39.7. The first-order chi connectivity index (χ1) is 12.5. The molecule has 1 aliphatic rings. The van der Waals surface area contributed by atoms with Crippen molar-refractivity contribution in [1.29, 1.82) is 0 Å². The van der Waals surface area contributed by atoms with Crippen LogP contribution in [0.15, 0.2) is 36.5 Å². The first-order valence-electron chi connectivity index (χ1n) is 8.80. The molecule has 1 saturated heterocycles. The van der Waals surface area contributed by atoms with E-state index in [1.165, 1.54) is 0 Å². The molecule has 1 aromatic heterocycles. The van der Waals surface area contributed by atoms with E-state index in [2.05, 4.69) is 9.82 Å². The molecule has 1 fully saturated rings. The van der Waals surface area contributed by atoms with E-state index < -0.39 is 10.0 Å². The number of benzene rings is 1. The van der Waals surface area contributed by atoms with Gasteiger partial charge in [0.15, 0.2) is 0 Å². The van der Waals surface area contributed by atoms with Gasteiger partial charge in [-0.15, -0.1) is 0 Å². The molecule has 0 aliphatic carbocycles. The molecule has 0 radical (unpaired) electrons. The van der Waals surface area contributed by atoms with Crippen LogP contribution in [0.4, 0.5) is 0 Å². The maximum atomic E-state index is 11.9. The molecule has 8 heteroatoms. The van der Waals surface area contributed by atoms with Crippen LogP contribution in [0.5, 0.6) is 5.75 Å². The molecular weight excluding hydrogens is 354 g/mol. The molecule has 3 rings (SSSR count). The summed E-state index contributed by atoms with van der Waals surface area (Å²) in [5.41, 5.74) is 1.92. The number of ether oxygens (including phenoxy) is 2. The fourth-order valence-electron chi connectivity index (χ4n) is 2.89. The van der Waals surface area contributed by atoms with Crippen molar-refractivity contribution in [1.82, 2.24) is 14.5 Å². The molecule has 2 heterocycles. The number of rotatable bonds is 7. The molecule has 7 nitrogen and oxygen atoms in total. The van der Waals surface area contributed by atoms with Gasteiger partial charge in [-0.3, -0.25) is 0 Å². The average molecular weight is 379 g/mol. The molecule has 1 aromatic carbocycles.